The van der Waals surface area contributed by atoms with Crippen LogP contribution in [-0.2, 0) is 4.74 Å². The number of hydrogen-bond donors (Lipinski definition) is 0. The van der Waals surface area contributed by atoms with Gasteiger partial charge in [0.1, 0.15) is 10.8 Å². The largest absolute Gasteiger partial charge is 0.494 e. The van der Waals surface area contributed by atoms with Gasteiger partial charge < -0.3 is 9.47 Å². The second-order valence-electron chi connectivity index (χ2n) is 4.93. The predicted octanol–water partition coefficient (Wildman–Crippen LogP) is 3.63. The molecule has 1 atom stereocenters. The number of aromatic nitrogens is 1. The van der Waals surface area contributed by atoms with Gasteiger partial charge in [0.05, 0.1) is 12.2 Å². The Bertz CT molecular complexity index is 715. The van der Waals surface area contributed by atoms with Crippen LogP contribution in [0.1, 0.15) is 34.6 Å². The fraction of sp³-hybridized carbons (Fsp3) is 0.278. The monoisotopic (exact) mass is 345 g/mol. The molecule has 0 N–H and O–H groups in total. The molecule has 0 saturated carbocycles. The lowest BCUT2D eigenvalue weighted by molar-refractivity contribution is 0.0314. The molecule has 24 heavy (non-hydrogen) atoms. The molecule has 0 fully saturated rings. The number of esters is 1. The van der Waals surface area contributed by atoms with Gasteiger partial charge in [-0.2, -0.15) is 0 Å². The summed E-state index contributed by atoms with van der Waals surface area (Å²) in [6.45, 7) is 4.01. The molecule has 0 aliphatic rings. The minimum Gasteiger partial charge on any atom is -0.494 e. The Morgan fingerprint density at radius 3 is 2.54 bits per heavy atom. The first-order valence-electron chi connectivity index (χ1n) is 7.53. The summed E-state index contributed by atoms with van der Waals surface area (Å²) in [6, 6.07) is 10.1. The van der Waals surface area contributed by atoms with E-state index in [9.17, 15) is 9.59 Å². The fourth-order valence-corrected chi connectivity index (χ4v) is 2.64. The molecule has 0 amide bonds. The van der Waals surface area contributed by atoms with Gasteiger partial charge in [-0.05, 0) is 56.5 Å². The average Bonchev–Trinajstić information content (AvgIpc) is 2.61. The van der Waals surface area contributed by atoms with Crippen LogP contribution in [0.5, 0.6) is 5.75 Å². The molecular weight excluding hydrogens is 326 g/mol. The van der Waals surface area contributed by atoms with E-state index in [4.69, 9.17) is 9.47 Å². The van der Waals surface area contributed by atoms with Crippen LogP contribution in [0.3, 0.4) is 0 Å². The number of ether oxygens (including phenoxy) is 2. The van der Waals surface area contributed by atoms with Crippen molar-refractivity contribution in [2.75, 3.05) is 12.9 Å². The predicted molar refractivity (Wildman–Crippen MR) is 92.8 cm³/mol. The van der Waals surface area contributed by atoms with Crippen LogP contribution in [0.25, 0.3) is 0 Å². The molecule has 1 aromatic heterocycles. The Labute approximate surface area is 145 Å². The van der Waals surface area contributed by atoms with Crippen LogP contribution < -0.4 is 4.74 Å². The quantitative estimate of drug-likeness (QED) is 0.434. The highest BCUT2D eigenvalue weighted by atomic mass is 32.2. The molecule has 0 spiro atoms. The zero-order chi connectivity index (χ0) is 17.5. The van der Waals surface area contributed by atoms with Gasteiger partial charge in [0.15, 0.2) is 6.10 Å². The SMILES string of the molecule is CCOc1ccc(C(=O)[C@@H](C)OC(=O)c2cccnc2SC)cc1. The Balaban J connectivity index is 2.06. The topological polar surface area (TPSA) is 65.5 Å². The maximum absolute atomic E-state index is 12.4. The summed E-state index contributed by atoms with van der Waals surface area (Å²) in [6.07, 6.45) is 2.55. The van der Waals surface area contributed by atoms with Crippen LogP contribution in [0.4, 0.5) is 0 Å². The van der Waals surface area contributed by atoms with E-state index in [2.05, 4.69) is 4.98 Å². The van der Waals surface area contributed by atoms with Crippen LogP contribution in [-0.4, -0.2) is 35.7 Å². The number of hydrogen-bond acceptors (Lipinski definition) is 6. The number of carbonyl (C=O) groups excluding carboxylic acids is 2. The van der Waals surface area contributed by atoms with Gasteiger partial charge in [0, 0.05) is 11.8 Å². The van der Waals surface area contributed by atoms with Crippen molar-refractivity contribution in [3.05, 3.63) is 53.7 Å². The van der Waals surface area contributed by atoms with E-state index in [0.29, 0.717) is 28.5 Å². The molecule has 0 unspecified atom stereocenters. The van der Waals surface area contributed by atoms with Crippen molar-refractivity contribution in [1.82, 2.24) is 4.98 Å². The number of carbonyl (C=O) groups is 2. The Morgan fingerprint density at radius 2 is 1.92 bits per heavy atom. The third-order valence-electron chi connectivity index (χ3n) is 3.29. The number of nitrogens with zero attached hydrogens (tertiary/aromatic N) is 1. The van der Waals surface area contributed by atoms with Gasteiger partial charge in [-0.3, -0.25) is 4.79 Å². The average molecular weight is 345 g/mol. The number of benzene rings is 1. The van der Waals surface area contributed by atoms with Crippen LogP contribution >= 0.6 is 11.8 Å². The molecule has 0 saturated heterocycles. The first-order valence-corrected chi connectivity index (χ1v) is 8.76. The Hall–Kier alpha value is -2.34. The van der Waals surface area contributed by atoms with E-state index in [1.165, 1.54) is 11.8 Å². The molecule has 0 bridgehead atoms. The Kier molecular flexibility index (Phi) is 6.37. The Morgan fingerprint density at radius 1 is 1.21 bits per heavy atom. The van der Waals surface area contributed by atoms with Crippen molar-refractivity contribution in [3.63, 3.8) is 0 Å². The second kappa shape index (κ2) is 8.49. The van der Waals surface area contributed by atoms with Crippen LogP contribution in [0.15, 0.2) is 47.6 Å². The molecule has 0 radical (unpaired) electrons. The number of thioether (sulfide) groups is 1. The summed E-state index contributed by atoms with van der Waals surface area (Å²) in [5, 5.41) is 0.572. The minimum atomic E-state index is -0.884. The summed E-state index contributed by atoms with van der Waals surface area (Å²) in [7, 11) is 0. The van der Waals surface area contributed by atoms with E-state index in [1.54, 1.807) is 49.5 Å². The van der Waals surface area contributed by atoms with Crippen LogP contribution in [0.2, 0.25) is 0 Å². The summed E-state index contributed by atoms with van der Waals surface area (Å²) in [5.74, 6) is -0.126. The summed E-state index contributed by atoms with van der Waals surface area (Å²) >= 11 is 1.35. The second-order valence-corrected chi connectivity index (χ2v) is 5.72. The highest BCUT2D eigenvalue weighted by Gasteiger charge is 2.22. The van der Waals surface area contributed by atoms with E-state index >= 15 is 0 Å². The molecular formula is C18H19NO4S. The zero-order valence-electron chi connectivity index (χ0n) is 13.8. The van der Waals surface area contributed by atoms with Crippen molar-refractivity contribution in [2.45, 2.75) is 25.0 Å². The standard InChI is InChI=1S/C18H19NO4S/c1-4-22-14-9-7-13(8-10-14)16(20)12(2)23-18(21)15-6-5-11-19-17(15)24-3/h5-12H,4H2,1-3H3/t12-/m1/s1. The van der Waals surface area contributed by atoms with Crippen molar-refractivity contribution in [3.8, 4) is 5.75 Å². The lowest BCUT2D eigenvalue weighted by atomic mass is 10.1. The molecule has 2 aromatic rings. The van der Waals surface area contributed by atoms with E-state index < -0.39 is 12.1 Å². The van der Waals surface area contributed by atoms with E-state index in [0.717, 1.165) is 0 Å². The maximum atomic E-state index is 12.4. The van der Waals surface area contributed by atoms with Crippen LogP contribution in [0, 0.1) is 0 Å². The molecule has 1 aromatic carbocycles. The van der Waals surface area contributed by atoms with Crippen molar-refractivity contribution in [2.24, 2.45) is 0 Å². The van der Waals surface area contributed by atoms with Gasteiger partial charge in [0.2, 0.25) is 5.78 Å². The number of Topliss-reactive ketones (excluding diaryl/α,β-unsaturated/α-hetero) is 1. The van der Waals surface area contributed by atoms with Gasteiger partial charge >= 0.3 is 5.97 Å². The lowest BCUT2D eigenvalue weighted by Crippen LogP contribution is -2.24. The van der Waals surface area contributed by atoms with Gasteiger partial charge in [-0.15, -0.1) is 11.8 Å². The fourth-order valence-electron chi connectivity index (χ4n) is 2.10. The lowest BCUT2D eigenvalue weighted by Gasteiger charge is -2.13. The molecule has 0 aliphatic carbocycles. The first kappa shape index (κ1) is 18.0. The number of pyridine rings is 1. The van der Waals surface area contributed by atoms with Gasteiger partial charge in [0.25, 0.3) is 0 Å². The number of rotatable bonds is 7. The molecule has 2 rings (SSSR count). The van der Waals surface area contributed by atoms with Gasteiger partial charge in [-0.25, -0.2) is 9.78 Å². The zero-order valence-corrected chi connectivity index (χ0v) is 14.6. The maximum Gasteiger partial charge on any atom is 0.341 e. The highest BCUT2D eigenvalue weighted by Crippen LogP contribution is 2.19. The molecule has 0 aliphatic heterocycles. The molecule has 6 heteroatoms. The van der Waals surface area contributed by atoms with E-state index in [-0.39, 0.29) is 5.78 Å². The summed E-state index contributed by atoms with van der Waals surface area (Å²) < 4.78 is 10.6. The summed E-state index contributed by atoms with van der Waals surface area (Å²) in [4.78, 5) is 28.8. The third-order valence-corrected chi connectivity index (χ3v) is 4.00. The van der Waals surface area contributed by atoms with E-state index in [1.807, 2.05) is 13.2 Å². The van der Waals surface area contributed by atoms with Crippen molar-refractivity contribution >= 4 is 23.5 Å². The molecule has 1 heterocycles. The normalized spacial score (nSPS) is 11.6. The van der Waals surface area contributed by atoms with Crippen molar-refractivity contribution in [1.29, 1.82) is 0 Å². The molecule has 5 nitrogen and oxygen atoms in total. The highest BCUT2D eigenvalue weighted by molar-refractivity contribution is 7.98. The van der Waals surface area contributed by atoms with Gasteiger partial charge in [-0.1, -0.05) is 0 Å². The summed E-state index contributed by atoms with van der Waals surface area (Å²) in [5.41, 5.74) is 0.825. The first-order chi connectivity index (χ1) is 11.6. The smallest absolute Gasteiger partial charge is 0.341 e. The number of ketones is 1. The molecule has 126 valence electrons. The minimum absolute atomic E-state index is 0.263. The van der Waals surface area contributed by atoms with Crippen molar-refractivity contribution < 1.29 is 19.1 Å². The third kappa shape index (κ3) is 4.35.